The number of carboxylic acids is 1. The Morgan fingerprint density at radius 2 is 1.90 bits per heavy atom. The van der Waals surface area contributed by atoms with Crippen molar-refractivity contribution in [2.45, 2.75) is 0 Å². The van der Waals surface area contributed by atoms with Gasteiger partial charge in [0.2, 0.25) is 5.91 Å². The minimum absolute atomic E-state index is 0.0191. The summed E-state index contributed by atoms with van der Waals surface area (Å²) in [5, 5.41) is 22.1. The van der Waals surface area contributed by atoms with Gasteiger partial charge in [0.25, 0.3) is 0 Å². The van der Waals surface area contributed by atoms with E-state index in [1.807, 2.05) is 30.6 Å². The highest BCUT2D eigenvalue weighted by Gasteiger charge is 2.05. The summed E-state index contributed by atoms with van der Waals surface area (Å²) in [5.41, 5.74) is -0.102. The normalized spacial score (nSPS) is 9.19. The predicted octanol–water partition coefficient (Wildman–Crippen LogP) is 1.14. The lowest BCUT2D eigenvalue weighted by molar-refractivity contribution is -0.377. The Kier molecular flexibility index (Phi) is 6.70. The van der Waals surface area contributed by atoms with Crippen LogP contribution in [0.15, 0.2) is 48.8 Å². The van der Waals surface area contributed by atoms with Crippen LogP contribution in [0.5, 0.6) is 5.75 Å². The van der Waals surface area contributed by atoms with Gasteiger partial charge >= 0.3 is 5.97 Å². The third-order valence-corrected chi connectivity index (χ3v) is 2.47. The number of aromatic amines is 1. The molecule has 0 aliphatic carbocycles. The number of carboxylic acid groups (broad SMARTS) is 1. The zero-order valence-corrected chi connectivity index (χ0v) is 11.6. The van der Waals surface area contributed by atoms with E-state index in [1.54, 1.807) is 0 Å². The van der Waals surface area contributed by atoms with Gasteiger partial charge in [0.15, 0.2) is 12.4 Å². The van der Waals surface area contributed by atoms with Crippen molar-refractivity contribution in [3.63, 3.8) is 0 Å². The Balaban J connectivity index is 0.000000304. The quantitative estimate of drug-likeness (QED) is 0.830. The second-order valence-electron chi connectivity index (χ2n) is 3.78. The molecule has 2 rings (SSSR count). The number of H-pyrrole nitrogens is 1. The van der Waals surface area contributed by atoms with Crippen molar-refractivity contribution in [2.24, 2.45) is 0 Å². The second kappa shape index (κ2) is 8.55. The molecule has 0 bridgehead atoms. The van der Waals surface area contributed by atoms with E-state index >= 15 is 0 Å². The van der Waals surface area contributed by atoms with Crippen molar-refractivity contribution in [1.29, 1.82) is 0 Å². The van der Waals surface area contributed by atoms with Gasteiger partial charge in [0.05, 0.1) is 5.56 Å². The molecule has 1 aromatic heterocycles. The van der Waals surface area contributed by atoms with Crippen LogP contribution in [-0.2, 0) is 4.79 Å². The average Bonchev–Trinajstić information content (AvgIpc) is 2.51. The monoisotopic (exact) mass is 308 g/mol. The number of hydrogen-bond acceptors (Lipinski definition) is 3. The van der Waals surface area contributed by atoms with Gasteiger partial charge < -0.3 is 15.5 Å². The highest BCUT2D eigenvalue weighted by molar-refractivity contribution is 6.29. The number of aromatic nitrogens is 1. The van der Waals surface area contributed by atoms with Crippen LogP contribution in [0, 0.1) is 0 Å². The minimum Gasteiger partial charge on any atom is -0.871 e. The van der Waals surface area contributed by atoms with E-state index in [0.717, 1.165) is 6.07 Å². The smallest absolute Gasteiger partial charge is 0.335 e. The Morgan fingerprint density at radius 1 is 1.24 bits per heavy atom. The number of amides is 1. The maximum atomic E-state index is 11.3. The molecule has 0 unspecified atom stereocenters. The fraction of sp³-hybridized carbons (Fsp3) is 0.0714. The molecule has 0 saturated heterocycles. The number of hydrogen-bond donors (Lipinski definition) is 2. The van der Waals surface area contributed by atoms with Crippen LogP contribution in [0.2, 0.25) is 0 Å². The molecule has 3 N–H and O–H groups in total. The molecular formula is C14H13ClN2O4. The van der Waals surface area contributed by atoms with Crippen LogP contribution in [0.4, 0.5) is 5.69 Å². The van der Waals surface area contributed by atoms with Gasteiger partial charge in [-0.25, -0.2) is 9.78 Å². The molecule has 110 valence electrons. The summed E-state index contributed by atoms with van der Waals surface area (Å²) in [7, 11) is 0. The lowest BCUT2D eigenvalue weighted by Gasteiger charge is -2.14. The van der Waals surface area contributed by atoms with Crippen molar-refractivity contribution >= 4 is 29.2 Å². The van der Waals surface area contributed by atoms with E-state index < -0.39 is 17.6 Å². The van der Waals surface area contributed by atoms with Crippen molar-refractivity contribution in [2.75, 3.05) is 11.2 Å². The summed E-state index contributed by atoms with van der Waals surface area (Å²) in [6.45, 7) is 0. The van der Waals surface area contributed by atoms with Gasteiger partial charge in [-0.3, -0.25) is 4.79 Å². The number of aromatic carboxylic acids is 1. The van der Waals surface area contributed by atoms with Crippen LogP contribution in [0.3, 0.4) is 0 Å². The molecular weight excluding hydrogens is 296 g/mol. The first-order valence-corrected chi connectivity index (χ1v) is 6.39. The molecule has 7 heteroatoms. The summed E-state index contributed by atoms with van der Waals surface area (Å²) in [6.07, 6.45) is 3.75. The van der Waals surface area contributed by atoms with Crippen LogP contribution in [0.25, 0.3) is 0 Å². The third-order valence-electron chi connectivity index (χ3n) is 2.23. The molecule has 0 radical (unpaired) electrons. The molecule has 0 aliphatic heterocycles. The summed E-state index contributed by atoms with van der Waals surface area (Å²) < 4.78 is 0. The van der Waals surface area contributed by atoms with Crippen molar-refractivity contribution < 1.29 is 24.8 Å². The molecule has 6 nitrogen and oxygen atoms in total. The SMILES string of the molecule is O=C(CCl)Nc1ccc(C(=O)O)cc1[O-].c1cc[nH+]cc1. The number of anilines is 1. The maximum Gasteiger partial charge on any atom is 0.335 e. The van der Waals surface area contributed by atoms with E-state index in [0.29, 0.717) is 0 Å². The molecule has 0 fully saturated rings. The lowest BCUT2D eigenvalue weighted by atomic mass is 10.2. The zero-order valence-electron chi connectivity index (χ0n) is 10.9. The van der Waals surface area contributed by atoms with E-state index in [9.17, 15) is 14.7 Å². The van der Waals surface area contributed by atoms with Crippen LogP contribution < -0.4 is 15.4 Å². The van der Waals surface area contributed by atoms with Gasteiger partial charge in [-0.1, -0.05) is 17.9 Å². The van der Waals surface area contributed by atoms with Crippen LogP contribution in [-0.4, -0.2) is 22.9 Å². The predicted molar refractivity (Wildman–Crippen MR) is 75.2 cm³/mol. The summed E-state index contributed by atoms with van der Waals surface area (Å²) in [6, 6.07) is 9.26. The first-order chi connectivity index (χ1) is 10.0. The second-order valence-corrected chi connectivity index (χ2v) is 4.04. The Labute approximate surface area is 126 Å². The van der Waals surface area contributed by atoms with Gasteiger partial charge in [0, 0.05) is 17.8 Å². The summed E-state index contributed by atoms with van der Waals surface area (Å²) in [4.78, 5) is 24.2. The number of carbonyl (C=O) groups excluding carboxylic acids is 1. The van der Waals surface area contributed by atoms with Gasteiger partial charge in [0.1, 0.15) is 5.88 Å². The van der Waals surface area contributed by atoms with E-state index in [2.05, 4.69) is 10.3 Å². The molecule has 0 aliphatic rings. The van der Waals surface area contributed by atoms with Gasteiger partial charge in [-0.2, -0.15) is 0 Å². The number of halogens is 1. The first-order valence-electron chi connectivity index (χ1n) is 5.86. The number of pyridine rings is 1. The molecule has 0 saturated carbocycles. The largest absolute Gasteiger partial charge is 0.871 e. The summed E-state index contributed by atoms with van der Waals surface area (Å²) in [5.74, 6) is -2.53. The van der Waals surface area contributed by atoms with Crippen molar-refractivity contribution in [1.82, 2.24) is 0 Å². The Hall–Kier alpha value is -2.60. The number of carbonyl (C=O) groups is 2. The minimum atomic E-state index is -1.19. The van der Waals surface area contributed by atoms with E-state index in [4.69, 9.17) is 16.7 Å². The first kappa shape index (κ1) is 16.5. The van der Waals surface area contributed by atoms with Gasteiger partial charge in [-0.05, 0) is 12.1 Å². The molecule has 1 aromatic carbocycles. The fourth-order valence-electron chi connectivity index (χ4n) is 1.28. The van der Waals surface area contributed by atoms with Crippen LogP contribution >= 0.6 is 11.6 Å². The number of rotatable bonds is 3. The fourth-order valence-corrected chi connectivity index (χ4v) is 1.35. The molecule has 0 spiro atoms. The molecule has 21 heavy (non-hydrogen) atoms. The highest BCUT2D eigenvalue weighted by Crippen LogP contribution is 2.21. The number of benzene rings is 1. The highest BCUT2D eigenvalue weighted by atomic mass is 35.5. The summed E-state index contributed by atoms with van der Waals surface area (Å²) >= 11 is 5.23. The van der Waals surface area contributed by atoms with E-state index in [1.165, 1.54) is 12.1 Å². The Morgan fingerprint density at radius 3 is 2.29 bits per heavy atom. The molecule has 2 aromatic rings. The maximum absolute atomic E-state index is 11.3. The average molecular weight is 309 g/mol. The van der Waals surface area contributed by atoms with Crippen LogP contribution in [0.1, 0.15) is 10.4 Å². The molecule has 1 amide bonds. The zero-order chi connectivity index (χ0) is 15.7. The third kappa shape index (κ3) is 5.92. The van der Waals surface area contributed by atoms with Crippen molar-refractivity contribution in [3.8, 4) is 5.75 Å². The number of alkyl halides is 1. The molecule has 1 heterocycles. The van der Waals surface area contributed by atoms with Gasteiger partial charge in [-0.15, -0.1) is 11.6 Å². The topological polar surface area (TPSA) is 104 Å². The number of nitrogens with one attached hydrogen (secondary N) is 2. The van der Waals surface area contributed by atoms with E-state index in [-0.39, 0.29) is 17.1 Å². The van der Waals surface area contributed by atoms with Crippen molar-refractivity contribution in [3.05, 3.63) is 54.4 Å². The standard InChI is InChI=1S/C9H8ClNO4.C5H5N/c10-4-8(13)11-6-2-1-5(9(14)15)3-7(6)12;1-2-4-6-5-3-1/h1-3,12H,4H2,(H,11,13)(H,14,15);1-5H. The lowest BCUT2D eigenvalue weighted by Crippen LogP contribution is -2.14. The molecule has 0 atom stereocenters. The Bertz CT molecular complexity index is 578.